The van der Waals surface area contributed by atoms with E-state index in [-0.39, 0.29) is 0 Å². The van der Waals surface area contributed by atoms with Crippen molar-refractivity contribution in [2.75, 3.05) is 0 Å². The minimum atomic E-state index is -0.540. The molecule has 0 fully saturated rings. The molecule has 16 heavy (non-hydrogen) atoms. The van der Waals surface area contributed by atoms with Gasteiger partial charge in [0.25, 0.3) is 0 Å². The molecule has 2 heterocycles. The molecule has 1 atom stereocenters. The Labute approximate surface area is 94.6 Å². The summed E-state index contributed by atoms with van der Waals surface area (Å²) in [6.45, 7) is 1.96. The lowest BCUT2D eigenvalue weighted by Gasteiger charge is -2.09. The molecule has 4 nitrogen and oxygen atoms in total. The average Bonchev–Trinajstić information content (AvgIpc) is 2.64. The molecule has 4 heteroatoms. The van der Waals surface area contributed by atoms with Crippen LogP contribution in [0.1, 0.15) is 22.9 Å². The quantitative estimate of drug-likeness (QED) is 0.845. The van der Waals surface area contributed by atoms with E-state index in [1.54, 1.807) is 17.1 Å². The fraction of sp³-hybridized carbons (Fsp3) is 0.333. The Balaban J connectivity index is 2.11. The maximum atomic E-state index is 10.0. The largest absolute Gasteiger partial charge is 0.388 e. The zero-order valence-electron chi connectivity index (χ0n) is 9.46. The van der Waals surface area contributed by atoms with Crippen LogP contribution in [0.15, 0.2) is 30.7 Å². The topological polar surface area (TPSA) is 50.9 Å². The summed E-state index contributed by atoms with van der Waals surface area (Å²) in [6, 6.07) is 3.85. The van der Waals surface area contributed by atoms with Crippen molar-refractivity contribution in [2.24, 2.45) is 7.05 Å². The smallest absolute Gasteiger partial charge is 0.0861 e. The summed E-state index contributed by atoms with van der Waals surface area (Å²) in [5, 5.41) is 14.3. The molecule has 2 aromatic heterocycles. The van der Waals surface area contributed by atoms with Gasteiger partial charge in [0, 0.05) is 32.1 Å². The Bertz CT molecular complexity index is 479. The normalized spacial score (nSPS) is 12.7. The van der Waals surface area contributed by atoms with Crippen LogP contribution < -0.4 is 0 Å². The monoisotopic (exact) mass is 217 g/mol. The standard InChI is InChI=1S/C12H15N3O/c1-9-5-10(8-13-7-9)12(16)6-11-3-4-15(2)14-11/h3-5,7-8,12,16H,6H2,1-2H3. The molecule has 0 aliphatic rings. The molecule has 0 bridgehead atoms. The number of rotatable bonds is 3. The lowest BCUT2D eigenvalue weighted by Crippen LogP contribution is -2.03. The number of aryl methyl sites for hydroxylation is 2. The Hall–Kier alpha value is -1.68. The van der Waals surface area contributed by atoms with Crippen LogP contribution in [0.5, 0.6) is 0 Å². The second-order valence-electron chi connectivity index (χ2n) is 4.00. The van der Waals surface area contributed by atoms with Crippen molar-refractivity contribution in [3.63, 3.8) is 0 Å². The Morgan fingerprint density at radius 3 is 2.88 bits per heavy atom. The van der Waals surface area contributed by atoms with Gasteiger partial charge in [0.2, 0.25) is 0 Å². The van der Waals surface area contributed by atoms with Gasteiger partial charge < -0.3 is 5.11 Å². The first-order valence-corrected chi connectivity index (χ1v) is 5.23. The molecular formula is C12H15N3O. The number of hydrogen-bond donors (Lipinski definition) is 1. The number of aliphatic hydroxyl groups is 1. The third-order valence-electron chi connectivity index (χ3n) is 2.45. The van der Waals surface area contributed by atoms with Crippen LogP contribution >= 0.6 is 0 Å². The zero-order chi connectivity index (χ0) is 11.5. The van der Waals surface area contributed by atoms with Gasteiger partial charge in [-0.2, -0.15) is 5.10 Å². The molecule has 0 amide bonds. The van der Waals surface area contributed by atoms with Crippen LogP contribution in [0.2, 0.25) is 0 Å². The lowest BCUT2D eigenvalue weighted by atomic mass is 10.1. The Morgan fingerprint density at radius 2 is 2.25 bits per heavy atom. The van der Waals surface area contributed by atoms with E-state index in [4.69, 9.17) is 0 Å². The SMILES string of the molecule is Cc1cncc(C(O)Cc2ccn(C)n2)c1. The van der Waals surface area contributed by atoms with Crippen LogP contribution in [0.25, 0.3) is 0 Å². The van der Waals surface area contributed by atoms with Crippen LogP contribution in [0, 0.1) is 6.92 Å². The number of pyridine rings is 1. The number of hydrogen-bond acceptors (Lipinski definition) is 3. The molecule has 1 unspecified atom stereocenters. The molecule has 0 aliphatic heterocycles. The molecule has 0 saturated carbocycles. The minimum absolute atomic E-state index is 0.520. The summed E-state index contributed by atoms with van der Waals surface area (Å²) in [5.41, 5.74) is 2.78. The van der Waals surface area contributed by atoms with E-state index in [1.807, 2.05) is 32.3 Å². The fourth-order valence-corrected chi connectivity index (χ4v) is 1.65. The molecule has 1 N–H and O–H groups in total. The van der Waals surface area contributed by atoms with Crippen LogP contribution in [-0.4, -0.2) is 19.9 Å². The van der Waals surface area contributed by atoms with Crippen molar-refractivity contribution in [2.45, 2.75) is 19.4 Å². The highest BCUT2D eigenvalue weighted by atomic mass is 16.3. The fourth-order valence-electron chi connectivity index (χ4n) is 1.65. The van der Waals surface area contributed by atoms with Crippen LogP contribution in [0.3, 0.4) is 0 Å². The molecule has 2 aromatic rings. The summed E-state index contributed by atoms with van der Waals surface area (Å²) in [4.78, 5) is 4.07. The third-order valence-corrected chi connectivity index (χ3v) is 2.45. The van der Waals surface area contributed by atoms with E-state index in [2.05, 4.69) is 10.1 Å². The van der Waals surface area contributed by atoms with Gasteiger partial charge in [-0.25, -0.2) is 0 Å². The first-order valence-electron chi connectivity index (χ1n) is 5.23. The summed E-state index contributed by atoms with van der Waals surface area (Å²) in [6.07, 6.45) is 5.32. The third kappa shape index (κ3) is 2.46. The molecule has 0 aliphatic carbocycles. The predicted octanol–water partition coefficient (Wildman–Crippen LogP) is 1.40. The second kappa shape index (κ2) is 4.45. The van der Waals surface area contributed by atoms with E-state index in [0.717, 1.165) is 16.8 Å². The molecule has 0 saturated heterocycles. The summed E-state index contributed by atoms with van der Waals surface area (Å²) >= 11 is 0. The maximum Gasteiger partial charge on any atom is 0.0861 e. The first-order chi connectivity index (χ1) is 7.65. The molecular weight excluding hydrogens is 202 g/mol. The first kappa shape index (κ1) is 10.8. The molecule has 0 spiro atoms. The number of nitrogens with zero attached hydrogens (tertiary/aromatic N) is 3. The van der Waals surface area contributed by atoms with Gasteiger partial charge >= 0.3 is 0 Å². The van der Waals surface area contributed by atoms with Gasteiger partial charge in [0.05, 0.1) is 11.8 Å². The number of aliphatic hydroxyl groups excluding tert-OH is 1. The summed E-state index contributed by atoms with van der Waals surface area (Å²) in [7, 11) is 1.87. The molecule has 0 radical (unpaired) electrons. The van der Waals surface area contributed by atoms with Gasteiger partial charge in [0.1, 0.15) is 0 Å². The van der Waals surface area contributed by atoms with Gasteiger partial charge in [-0.15, -0.1) is 0 Å². The van der Waals surface area contributed by atoms with Crippen LogP contribution in [-0.2, 0) is 13.5 Å². The van der Waals surface area contributed by atoms with Crippen molar-refractivity contribution in [1.82, 2.24) is 14.8 Å². The van der Waals surface area contributed by atoms with E-state index in [9.17, 15) is 5.11 Å². The van der Waals surface area contributed by atoms with E-state index < -0.39 is 6.10 Å². The highest BCUT2D eigenvalue weighted by Gasteiger charge is 2.10. The highest BCUT2D eigenvalue weighted by Crippen LogP contribution is 2.17. The van der Waals surface area contributed by atoms with Gasteiger partial charge in [-0.1, -0.05) is 6.07 Å². The van der Waals surface area contributed by atoms with E-state index >= 15 is 0 Å². The van der Waals surface area contributed by atoms with Crippen molar-refractivity contribution in [3.05, 3.63) is 47.5 Å². The average molecular weight is 217 g/mol. The zero-order valence-corrected chi connectivity index (χ0v) is 9.46. The van der Waals surface area contributed by atoms with Gasteiger partial charge in [0.15, 0.2) is 0 Å². The lowest BCUT2D eigenvalue weighted by molar-refractivity contribution is 0.176. The summed E-state index contributed by atoms with van der Waals surface area (Å²) < 4.78 is 1.73. The predicted molar refractivity (Wildman–Crippen MR) is 60.8 cm³/mol. The van der Waals surface area contributed by atoms with E-state index in [1.165, 1.54) is 0 Å². The second-order valence-corrected chi connectivity index (χ2v) is 4.00. The van der Waals surface area contributed by atoms with Crippen molar-refractivity contribution < 1.29 is 5.11 Å². The van der Waals surface area contributed by atoms with Gasteiger partial charge in [-0.05, 0) is 24.1 Å². The van der Waals surface area contributed by atoms with E-state index in [0.29, 0.717) is 6.42 Å². The van der Waals surface area contributed by atoms with Crippen molar-refractivity contribution in [1.29, 1.82) is 0 Å². The molecule has 2 rings (SSSR count). The van der Waals surface area contributed by atoms with Crippen molar-refractivity contribution >= 4 is 0 Å². The van der Waals surface area contributed by atoms with Crippen LogP contribution in [0.4, 0.5) is 0 Å². The maximum absolute atomic E-state index is 10.0. The Morgan fingerprint density at radius 1 is 1.44 bits per heavy atom. The Kier molecular flexibility index (Phi) is 3.01. The van der Waals surface area contributed by atoms with Gasteiger partial charge in [-0.3, -0.25) is 9.67 Å². The van der Waals surface area contributed by atoms with Crippen molar-refractivity contribution in [3.8, 4) is 0 Å². The minimum Gasteiger partial charge on any atom is -0.388 e. The highest BCUT2D eigenvalue weighted by molar-refractivity contribution is 5.20. The summed E-state index contributed by atoms with van der Waals surface area (Å²) in [5.74, 6) is 0. The molecule has 84 valence electrons. The number of aromatic nitrogens is 3. The molecule has 0 aromatic carbocycles.